The van der Waals surface area contributed by atoms with Gasteiger partial charge in [-0.1, -0.05) is 12.1 Å². The summed E-state index contributed by atoms with van der Waals surface area (Å²) in [6.45, 7) is 0.591. The molecule has 2 aromatic rings. The highest BCUT2D eigenvalue weighted by Crippen LogP contribution is 2.34. The van der Waals surface area contributed by atoms with Crippen molar-refractivity contribution in [2.45, 2.75) is 12.5 Å². The molecule has 5 heteroatoms. The Balaban J connectivity index is 2.09. The molecule has 1 amide bonds. The third kappa shape index (κ3) is 2.53. The lowest BCUT2D eigenvalue weighted by molar-refractivity contribution is -0.132. The van der Waals surface area contributed by atoms with Gasteiger partial charge in [0.2, 0.25) is 5.91 Å². The van der Waals surface area contributed by atoms with Crippen LogP contribution in [-0.2, 0) is 11.3 Å². The number of carbonyl (C=O) groups is 1. The van der Waals surface area contributed by atoms with Gasteiger partial charge in [-0.05, 0) is 45.3 Å². The molecule has 0 aliphatic carbocycles. The Bertz CT molecular complexity index is 685. The number of hydrogen-bond donors (Lipinski definition) is 0. The van der Waals surface area contributed by atoms with Crippen LogP contribution < -0.4 is 4.74 Å². The molecule has 3 rings (SSSR count). The third-order valence-corrected chi connectivity index (χ3v) is 4.16. The molecule has 1 aliphatic heterocycles. The van der Waals surface area contributed by atoms with Crippen molar-refractivity contribution >= 4 is 21.8 Å². The molecule has 1 aliphatic rings. The summed E-state index contributed by atoms with van der Waals surface area (Å²) in [5, 5.41) is 0. The van der Waals surface area contributed by atoms with Crippen LogP contribution in [0.15, 0.2) is 41.0 Å². The van der Waals surface area contributed by atoms with E-state index in [4.69, 9.17) is 4.74 Å². The average molecular weight is 347 g/mol. The molecule has 0 fully saturated rings. The number of benzene rings is 1. The molecule has 1 unspecified atom stereocenters. The number of carbonyl (C=O) groups excluding carboxylic acids is 1. The summed E-state index contributed by atoms with van der Waals surface area (Å²) in [7, 11) is 3.45. The van der Waals surface area contributed by atoms with Crippen molar-refractivity contribution in [3.8, 4) is 5.75 Å². The molecule has 0 bridgehead atoms. The van der Waals surface area contributed by atoms with E-state index in [0.29, 0.717) is 6.54 Å². The molecule has 0 spiro atoms. The van der Waals surface area contributed by atoms with Crippen LogP contribution in [0, 0.1) is 0 Å². The Morgan fingerprint density at radius 3 is 2.71 bits per heavy atom. The first-order valence-corrected chi connectivity index (χ1v) is 7.42. The Morgan fingerprint density at radius 1 is 1.33 bits per heavy atom. The van der Waals surface area contributed by atoms with Crippen molar-refractivity contribution in [1.29, 1.82) is 0 Å². The smallest absolute Gasteiger partial charge is 0.236 e. The first-order valence-electron chi connectivity index (χ1n) is 6.63. The minimum absolute atomic E-state index is 0.0717. The van der Waals surface area contributed by atoms with Crippen LogP contribution in [0.2, 0.25) is 0 Å². The number of ether oxygens (including phenoxy) is 1. The molecule has 0 saturated carbocycles. The van der Waals surface area contributed by atoms with Gasteiger partial charge in [0, 0.05) is 24.3 Å². The van der Waals surface area contributed by atoms with Gasteiger partial charge in [0.05, 0.1) is 12.8 Å². The lowest BCUT2D eigenvalue weighted by Crippen LogP contribution is -2.37. The van der Waals surface area contributed by atoms with Crippen LogP contribution in [0.25, 0.3) is 0 Å². The second kappa shape index (κ2) is 5.48. The van der Waals surface area contributed by atoms with Gasteiger partial charge >= 0.3 is 0 Å². The summed E-state index contributed by atoms with van der Waals surface area (Å²) >= 11 is 3.44. The van der Waals surface area contributed by atoms with E-state index in [1.807, 2.05) is 37.4 Å². The summed E-state index contributed by atoms with van der Waals surface area (Å²) in [5.41, 5.74) is 2.85. The predicted molar refractivity (Wildman–Crippen MR) is 83.2 cm³/mol. The Morgan fingerprint density at radius 2 is 2.05 bits per heavy atom. The summed E-state index contributed by atoms with van der Waals surface area (Å²) in [4.78, 5) is 18.8. The van der Waals surface area contributed by atoms with Gasteiger partial charge in [0.1, 0.15) is 11.7 Å². The van der Waals surface area contributed by atoms with Gasteiger partial charge in [-0.3, -0.25) is 9.78 Å². The van der Waals surface area contributed by atoms with Crippen LogP contribution in [0.4, 0.5) is 0 Å². The van der Waals surface area contributed by atoms with Gasteiger partial charge in [0.15, 0.2) is 0 Å². The zero-order chi connectivity index (χ0) is 15.0. The number of methoxy groups -OCH3 is 1. The maximum absolute atomic E-state index is 12.6. The highest BCUT2D eigenvalue weighted by atomic mass is 79.9. The van der Waals surface area contributed by atoms with E-state index in [-0.39, 0.29) is 11.8 Å². The quantitative estimate of drug-likeness (QED) is 0.839. The van der Waals surface area contributed by atoms with E-state index < -0.39 is 0 Å². The molecule has 0 radical (unpaired) electrons. The van der Waals surface area contributed by atoms with Gasteiger partial charge in [0.25, 0.3) is 0 Å². The normalized spacial score (nSPS) is 17.6. The van der Waals surface area contributed by atoms with Gasteiger partial charge in [-0.25, -0.2) is 0 Å². The van der Waals surface area contributed by atoms with Crippen molar-refractivity contribution < 1.29 is 9.53 Å². The highest BCUT2D eigenvalue weighted by molar-refractivity contribution is 9.10. The highest BCUT2D eigenvalue weighted by Gasteiger charge is 2.33. The number of amides is 1. The molecule has 1 aromatic heterocycles. The summed E-state index contributed by atoms with van der Waals surface area (Å²) in [5.74, 6) is 0.500. The van der Waals surface area contributed by atoms with Crippen molar-refractivity contribution in [3.63, 3.8) is 0 Å². The monoisotopic (exact) mass is 346 g/mol. The summed E-state index contributed by atoms with van der Waals surface area (Å²) < 4.78 is 6.10. The fourth-order valence-corrected chi connectivity index (χ4v) is 3.02. The molecule has 2 heterocycles. The summed E-state index contributed by atoms with van der Waals surface area (Å²) in [6, 6.07) is 9.62. The number of pyridine rings is 1. The van der Waals surface area contributed by atoms with Gasteiger partial charge in [-0.2, -0.15) is 0 Å². The second-order valence-corrected chi connectivity index (χ2v) is 6.01. The number of hydrogen-bond acceptors (Lipinski definition) is 3. The molecule has 21 heavy (non-hydrogen) atoms. The Labute approximate surface area is 131 Å². The molecule has 0 N–H and O–H groups in total. The SMILES string of the molecule is COc1ccc(C2C(=O)N(C)Cc3cc(Br)cnc32)cc1. The number of aromatic nitrogens is 1. The van der Waals surface area contributed by atoms with Crippen LogP contribution in [0.3, 0.4) is 0 Å². The fraction of sp³-hybridized carbons (Fsp3) is 0.250. The first-order chi connectivity index (χ1) is 10.1. The van der Waals surface area contributed by atoms with E-state index in [0.717, 1.165) is 27.0 Å². The van der Waals surface area contributed by atoms with E-state index >= 15 is 0 Å². The molecule has 0 saturated heterocycles. The number of likely N-dealkylation sites (N-methyl/N-ethyl adjacent to an activating group) is 1. The Kier molecular flexibility index (Phi) is 3.68. The fourth-order valence-electron chi connectivity index (χ4n) is 2.65. The standard InChI is InChI=1S/C16H15BrN2O2/c1-19-9-11-7-12(17)8-18-15(11)14(16(19)20)10-3-5-13(21-2)6-4-10/h3-8,14H,9H2,1-2H3. The lowest BCUT2D eigenvalue weighted by Gasteiger charge is -2.31. The number of fused-ring (bicyclic) bond motifs is 1. The van der Waals surface area contributed by atoms with E-state index in [9.17, 15) is 4.79 Å². The number of rotatable bonds is 2. The van der Waals surface area contributed by atoms with Crippen molar-refractivity contribution in [1.82, 2.24) is 9.88 Å². The molecule has 1 atom stereocenters. The van der Waals surface area contributed by atoms with Gasteiger partial charge in [-0.15, -0.1) is 0 Å². The lowest BCUT2D eigenvalue weighted by atomic mass is 9.88. The molecular formula is C16H15BrN2O2. The number of halogens is 1. The zero-order valence-corrected chi connectivity index (χ0v) is 13.4. The minimum atomic E-state index is -0.349. The topological polar surface area (TPSA) is 42.4 Å². The van der Waals surface area contributed by atoms with E-state index in [2.05, 4.69) is 20.9 Å². The maximum Gasteiger partial charge on any atom is 0.236 e. The third-order valence-electron chi connectivity index (χ3n) is 3.72. The van der Waals surface area contributed by atoms with Crippen LogP contribution in [0.5, 0.6) is 5.75 Å². The van der Waals surface area contributed by atoms with E-state index in [1.54, 1.807) is 18.2 Å². The van der Waals surface area contributed by atoms with Crippen LogP contribution in [-0.4, -0.2) is 29.9 Å². The molecule has 108 valence electrons. The van der Waals surface area contributed by atoms with Crippen molar-refractivity contribution in [3.05, 3.63) is 57.8 Å². The zero-order valence-electron chi connectivity index (χ0n) is 11.8. The second-order valence-electron chi connectivity index (χ2n) is 5.10. The molecule has 4 nitrogen and oxygen atoms in total. The summed E-state index contributed by atoms with van der Waals surface area (Å²) in [6.07, 6.45) is 1.74. The van der Waals surface area contributed by atoms with E-state index in [1.165, 1.54) is 0 Å². The predicted octanol–water partition coefficient (Wildman–Crippen LogP) is 2.96. The van der Waals surface area contributed by atoms with Crippen molar-refractivity contribution in [2.75, 3.05) is 14.2 Å². The largest absolute Gasteiger partial charge is 0.497 e. The minimum Gasteiger partial charge on any atom is -0.497 e. The van der Waals surface area contributed by atoms with Crippen molar-refractivity contribution in [2.24, 2.45) is 0 Å². The first kappa shape index (κ1) is 14.1. The molecule has 1 aromatic carbocycles. The van der Waals surface area contributed by atoms with Crippen LogP contribution in [0.1, 0.15) is 22.7 Å². The number of nitrogens with zero attached hydrogens (tertiary/aromatic N) is 2. The Hall–Kier alpha value is -1.88. The maximum atomic E-state index is 12.6. The molecular weight excluding hydrogens is 332 g/mol. The van der Waals surface area contributed by atoms with Gasteiger partial charge < -0.3 is 9.64 Å². The average Bonchev–Trinajstić information content (AvgIpc) is 2.49. The van der Waals surface area contributed by atoms with Crippen LogP contribution >= 0.6 is 15.9 Å².